The monoisotopic (exact) mass is 388 g/mol. The number of para-hydroxylation sites is 1. The van der Waals surface area contributed by atoms with Crippen molar-refractivity contribution in [3.05, 3.63) is 63.1 Å². The molecule has 0 spiro atoms. The molecular formula is C20H18Cl2N2O2. The van der Waals surface area contributed by atoms with Crippen LogP contribution < -0.4 is 4.90 Å². The number of imide groups is 1. The predicted molar refractivity (Wildman–Crippen MR) is 103 cm³/mol. The number of hydrogen-bond acceptors (Lipinski definition) is 3. The molecule has 134 valence electrons. The zero-order valence-corrected chi connectivity index (χ0v) is 15.8. The van der Waals surface area contributed by atoms with E-state index in [1.807, 2.05) is 37.4 Å². The average molecular weight is 389 g/mol. The van der Waals surface area contributed by atoms with Crippen molar-refractivity contribution in [2.75, 3.05) is 18.5 Å². The van der Waals surface area contributed by atoms with Crippen LogP contribution in [0.2, 0.25) is 10.0 Å². The van der Waals surface area contributed by atoms with Crippen LogP contribution in [-0.2, 0) is 16.1 Å². The molecule has 0 unspecified atom stereocenters. The van der Waals surface area contributed by atoms with E-state index >= 15 is 0 Å². The molecule has 4 nitrogen and oxygen atoms in total. The van der Waals surface area contributed by atoms with Crippen LogP contribution in [0, 0.1) is 0 Å². The van der Waals surface area contributed by atoms with Gasteiger partial charge in [-0.25, -0.2) is 0 Å². The third-order valence-corrected chi connectivity index (χ3v) is 5.65. The molecule has 2 aliphatic rings. The highest BCUT2D eigenvalue weighted by molar-refractivity contribution is 6.35. The Hall–Kier alpha value is -1.88. The first-order valence-corrected chi connectivity index (χ1v) is 9.32. The largest absolute Gasteiger partial charge is 0.301 e. The molecule has 0 aliphatic carbocycles. The summed E-state index contributed by atoms with van der Waals surface area (Å²) in [5.74, 6) is -0.302. The summed E-state index contributed by atoms with van der Waals surface area (Å²) < 4.78 is 0. The van der Waals surface area contributed by atoms with Gasteiger partial charge in [-0.1, -0.05) is 41.4 Å². The SMILES string of the molecule is CN1Cc2c(Cl)cc(Cl)cc2[C@@H](c2ccccc2N2C(=O)CCC2=O)C1. The Morgan fingerprint density at radius 2 is 1.69 bits per heavy atom. The lowest BCUT2D eigenvalue weighted by atomic mass is 9.83. The highest BCUT2D eigenvalue weighted by Gasteiger charge is 2.35. The molecule has 6 heteroatoms. The number of carbonyl (C=O) groups excluding carboxylic acids is 2. The van der Waals surface area contributed by atoms with Crippen molar-refractivity contribution < 1.29 is 9.59 Å². The maximum absolute atomic E-state index is 12.3. The number of benzene rings is 2. The minimum absolute atomic E-state index is 0.0163. The normalized spacial score (nSPS) is 20.6. The zero-order valence-electron chi connectivity index (χ0n) is 14.3. The van der Waals surface area contributed by atoms with E-state index in [0.717, 1.165) is 29.8 Å². The van der Waals surface area contributed by atoms with Crippen molar-refractivity contribution in [1.29, 1.82) is 0 Å². The number of nitrogens with zero attached hydrogens (tertiary/aromatic N) is 2. The van der Waals surface area contributed by atoms with Crippen molar-refractivity contribution in [2.45, 2.75) is 25.3 Å². The molecule has 2 heterocycles. The number of hydrogen-bond donors (Lipinski definition) is 0. The lowest BCUT2D eigenvalue weighted by molar-refractivity contribution is -0.121. The lowest BCUT2D eigenvalue weighted by Gasteiger charge is -2.35. The first kappa shape index (κ1) is 17.5. The molecular weight excluding hydrogens is 371 g/mol. The Kier molecular flexibility index (Phi) is 4.51. The van der Waals surface area contributed by atoms with Crippen molar-refractivity contribution in [3.63, 3.8) is 0 Å². The van der Waals surface area contributed by atoms with Gasteiger partial charge < -0.3 is 4.90 Å². The first-order valence-electron chi connectivity index (χ1n) is 8.57. The molecule has 2 aliphatic heterocycles. The second-order valence-electron chi connectivity index (χ2n) is 6.89. The third kappa shape index (κ3) is 2.92. The number of rotatable bonds is 2. The first-order chi connectivity index (χ1) is 12.5. The minimum atomic E-state index is -0.143. The quantitative estimate of drug-likeness (QED) is 0.722. The Labute approximate surface area is 162 Å². The summed E-state index contributed by atoms with van der Waals surface area (Å²) in [5.41, 5.74) is 3.72. The highest BCUT2D eigenvalue weighted by Crippen LogP contribution is 2.42. The molecule has 0 radical (unpaired) electrons. The molecule has 0 N–H and O–H groups in total. The molecule has 2 amide bonds. The summed E-state index contributed by atoms with van der Waals surface area (Å²) in [5, 5.41) is 1.24. The van der Waals surface area contributed by atoms with E-state index in [9.17, 15) is 9.59 Å². The van der Waals surface area contributed by atoms with Gasteiger partial charge in [0.2, 0.25) is 11.8 Å². The van der Waals surface area contributed by atoms with Crippen LogP contribution in [0.5, 0.6) is 0 Å². The van der Waals surface area contributed by atoms with E-state index in [-0.39, 0.29) is 30.6 Å². The molecule has 1 atom stereocenters. The van der Waals surface area contributed by atoms with Crippen LogP contribution in [0.4, 0.5) is 5.69 Å². The predicted octanol–water partition coefficient (Wildman–Crippen LogP) is 4.22. The average Bonchev–Trinajstić information content (AvgIpc) is 2.93. The van der Waals surface area contributed by atoms with E-state index in [1.54, 1.807) is 6.07 Å². The van der Waals surface area contributed by atoms with Gasteiger partial charge in [0, 0.05) is 41.9 Å². The summed E-state index contributed by atoms with van der Waals surface area (Å²) in [6, 6.07) is 11.3. The highest BCUT2D eigenvalue weighted by atomic mass is 35.5. The summed E-state index contributed by atoms with van der Waals surface area (Å²) >= 11 is 12.7. The number of halogens is 2. The number of carbonyl (C=O) groups is 2. The Bertz CT molecular complexity index is 897. The lowest BCUT2D eigenvalue weighted by Crippen LogP contribution is -2.34. The van der Waals surface area contributed by atoms with E-state index in [1.165, 1.54) is 4.90 Å². The Morgan fingerprint density at radius 3 is 2.42 bits per heavy atom. The fourth-order valence-electron chi connectivity index (χ4n) is 3.94. The van der Waals surface area contributed by atoms with Gasteiger partial charge in [0.1, 0.15) is 0 Å². The van der Waals surface area contributed by atoms with Crippen molar-refractivity contribution in [1.82, 2.24) is 4.90 Å². The van der Waals surface area contributed by atoms with Gasteiger partial charge >= 0.3 is 0 Å². The van der Waals surface area contributed by atoms with Gasteiger partial charge in [0.15, 0.2) is 0 Å². The summed E-state index contributed by atoms with van der Waals surface area (Å²) in [6.07, 6.45) is 0.540. The molecule has 0 bridgehead atoms. The molecule has 0 saturated carbocycles. The standard InChI is InChI=1S/C20H18Cl2N2O2/c1-23-10-15(14-8-12(21)9-17(22)16(14)11-23)13-4-2-3-5-18(13)24-19(25)6-7-20(24)26/h2-5,8-9,15H,6-7,10-11H2,1H3/t15-/m1/s1. The number of fused-ring (bicyclic) bond motifs is 1. The minimum Gasteiger partial charge on any atom is -0.301 e. The third-order valence-electron chi connectivity index (χ3n) is 5.10. The van der Waals surface area contributed by atoms with Crippen LogP contribution in [0.25, 0.3) is 0 Å². The second-order valence-corrected chi connectivity index (χ2v) is 7.73. The van der Waals surface area contributed by atoms with E-state index in [2.05, 4.69) is 4.90 Å². The van der Waals surface area contributed by atoms with E-state index < -0.39 is 0 Å². The Morgan fingerprint density at radius 1 is 1.00 bits per heavy atom. The van der Waals surface area contributed by atoms with Gasteiger partial charge in [-0.05, 0) is 41.9 Å². The van der Waals surface area contributed by atoms with E-state index in [0.29, 0.717) is 15.7 Å². The maximum atomic E-state index is 12.3. The van der Waals surface area contributed by atoms with Gasteiger partial charge in [-0.3, -0.25) is 14.5 Å². The smallest absolute Gasteiger partial charge is 0.234 e. The molecule has 2 aromatic carbocycles. The Balaban J connectivity index is 1.88. The van der Waals surface area contributed by atoms with Crippen molar-refractivity contribution in [3.8, 4) is 0 Å². The van der Waals surface area contributed by atoms with Crippen LogP contribution in [0.15, 0.2) is 36.4 Å². The van der Waals surface area contributed by atoms with Gasteiger partial charge in [-0.15, -0.1) is 0 Å². The molecule has 26 heavy (non-hydrogen) atoms. The zero-order chi connectivity index (χ0) is 18.4. The molecule has 1 saturated heterocycles. The fourth-order valence-corrected chi connectivity index (χ4v) is 4.51. The van der Waals surface area contributed by atoms with Crippen LogP contribution in [-0.4, -0.2) is 30.3 Å². The van der Waals surface area contributed by atoms with Gasteiger partial charge in [-0.2, -0.15) is 0 Å². The topological polar surface area (TPSA) is 40.6 Å². The van der Waals surface area contributed by atoms with Crippen LogP contribution in [0.1, 0.15) is 35.4 Å². The molecule has 4 rings (SSSR count). The van der Waals surface area contributed by atoms with Gasteiger partial charge in [0.25, 0.3) is 0 Å². The molecule has 1 fully saturated rings. The summed E-state index contributed by atoms with van der Waals surface area (Å²) in [4.78, 5) is 28.1. The van der Waals surface area contributed by atoms with E-state index in [4.69, 9.17) is 23.2 Å². The summed E-state index contributed by atoms with van der Waals surface area (Å²) in [6.45, 7) is 1.50. The number of likely N-dealkylation sites (N-methyl/N-ethyl adjacent to an activating group) is 1. The van der Waals surface area contributed by atoms with Crippen LogP contribution in [0.3, 0.4) is 0 Å². The number of amides is 2. The molecule has 0 aromatic heterocycles. The van der Waals surface area contributed by atoms with Gasteiger partial charge in [0.05, 0.1) is 5.69 Å². The fraction of sp³-hybridized carbons (Fsp3) is 0.300. The van der Waals surface area contributed by atoms with Crippen molar-refractivity contribution >= 4 is 40.7 Å². The number of anilines is 1. The van der Waals surface area contributed by atoms with Crippen LogP contribution >= 0.6 is 23.2 Å². The second kappa shape index (κ2) is 6.69. The van der Waals surface area contributed by atoms with Crippen molar-refractivity contribution in [2.24, 2.45) is 0 Å². The molecule has 2 aromatic rings. The maximum Gasteiger partial charge on any atom is 0.234 e. The summed E-state index contributed by atoms with van der Waals surface area (Å²) in [7, 11) is 2.04.